The van der Waals surface area contributed by atoms with Gasteiger partial charge in [0.05, 0.1) is 11.2 Å². The van der Waals surface area contributed by atoms with Crippen LogP contribution >= 0.6 is 0 Å². The zero-order chi connectivity index (χ0) is 12.8. The molecule has 18 heavy (non-hydrogen) atoms. The highest BCUT2D eigenvalue weighted by atomic mass is 16.7. The monoisotopic (exact) mass is 248 g/mol. The molecule has 0 amide bonds. The van der Waals surface area contributed by atoms with E-state index in [4.69, 9.17) is 9.31 Å². The fourth-order valence-electron chi connectivity index (χ4n) is 2.57. The number of aromatic nitrogens is 2. The van der Waals surface area contributed by atoms with Gasteiger partial charge in [-0.15, -0.1) is 0 Å². The highest BCUT2D eigenvalue weighted by Crippen LogP contribution is 2.44. The minimum atomic E-state index is -0.289. The Morgan fingerprint density at radius 2 is 2.17 bits per heavy atom. The third kappa shape index (κ3) is 2.10. The molecular formula is C13H21BN2O2. The molecule has 2 fully saturated rings. The van der Waals surface area contributed by atoms with E-state index in [0.717, 1.165) is 17.8 Å². The van der Waals surface area contributed by atoms with Crippen molar-refractivity contribution in [1.29, 1.82) is 0 Å². The van der Waals surface area contributed by atoms with Gasteiger partial charge < -0.3 is 9.31 Å². The van der Waals surface area contributed by atoms with Gasteiger partial charge in [-0.1, -0.05) is 12.8 Å². The molecule has 1 unspecified atom stereocenters. The van der Waals surface area contributed by atoms with Gasteiger partial charge in [0.15, 0.2) is 0 Å². The molecule has 3 rings (SSSR count). The van der Waals surface area contributed by atoms with E-state index in [0.29, 0.717) is 0 Å². The smallest absolute Gasteiger partial charge is 0.399 e. The number of hydrogen-bond acceptors (Lipinski definition) is 3. The molecule has 0 bridgehead atoms. The number of nitrogens with zero attached hydrogens (tertiary/aromatic N) is 1. The molecule has 1 saturated carbocycles. The van der Waals surface area contributed by atoms with Crippen molar-refractivity contribution in [2.75, 3.05) is 0 Å². The quantitative estimate of drug-likeness (QED) is 0.827. The van der Waals surface area contributed by atoms with Crippen molar-refractivity contribution >= 4 is 12.6 Å². The lowest BCUT2D eigenvalue weighted by molar-refractivity contribution is -0.0178. The van der Waals surface area contributed by atoms with Gasteiger partial charge in [-0.05, 0) is 39.5 Å². The van der Waals surface area contributed by atoms with E-state index >= 15 is 0 Å². The summed E-state index contributed by atoms with van der Waals surface area (Å²) in [4.78, 5) is 0. The highest BCUT2D eigenvalue weighted by Gasteiger charge is 2.54. The number of hydrogen-bond donors (Lipinski definition) is 1. The molecule has 4 nitrogen and oxygen atoms in total. The molecule has 5 heteroatoms. The Morgan fingerprint density at radius 3 is 2.78 bits per heavy atom. The van der Waals surface area contributed by atoms with E-state index in [1.54, 1.807) is 6.20 Å². The average molecular weight is 248 g/mol. The van der Waals surface area contributed by atoms with E-state index in [9.17, 15) is 0 Å². The molecule has 1 aliphatic carbocycles. The zero-order valence-corrected chi connectivity index (χ0v) is 11.4. The van der Waals surface area contributed by atoms with E-state index in [-0.39, 0.29) is 18.3 Å². The van der Waals surface area contributed by atoms with Crippen LogP contribution in [0.15, 0.2) is 12.4 Å². The summed E-state index contributed by atoms with van der Waals surface area (Å²) >= 11 is 0. The Kier molecular flexibility index (Phi) is 2.79. The van der Waals surface area contributed by atoms with Crippen LogP contribution < -0.4 is 5.46 Å². The van der Waals surface area contributed by atoms with Crippen LogP contribution in [0, 0.1) is 5.92 Å². The van der Waals surface area contributed by atoms with Crippen LogP contribution in [-0.4, -0.2) is 28.5 Å². The lowest BCUT2D eigenvalue weighted by Crippen LogP contribution is -2.44. The van der Waals surface area contributed by atoms with E-state index in [2.05, 4.69) is 31.0 Å². The van der Waals surface area contributed by atoms with Crippen molar-refractivity contribution in [1.82, 2.24) is 10.2 Å². The molecule has 0 aromatic carbocycles. The third-order valence-corrected chi connectivity index (χ3v) is 4.56. The highest BCUT2D eigenvalue weighted by molar-refractivity contribution is 6.61. The van der Waals surface area contributed by atoms with Crippen molar-refractivity contribution in [3.63, 3.8) is 0 Å². The van der Waals surface area contributed by atoms with Gasteiger partial charge in [0.1, 0.15) is 0 Å². The Labute approximate surface area is 109 Å². The molecule has 1 aromatic rings. The molecule has 1 aliphatic heterocycles. The second-order valence-electron chi connectivity index (χ2n) is 6.32. The van der Waals surface area contributed by atoms with E-state index in [1.807, 2.05) is 6.20 Å². The summed E-state index contributed by atoms with van der Waals surface area (Å²) in [6.07, 6.45) is 8.71. The van der Waals surface area contributed by atoms with Crippen LogP contribution in [0.25, 0.3) is 0 Å². The number of rotatable bonds is 4. The molecule has 2 heterocycles. The molecular weight excluding hydrogens is 227 g/mol. The van der Waals surface area contributed by atoms with Crippen molar-refractivity contribution in [2.45, 2.75) is 57.7 Å². The second kappa shape index (κ2) is 4.10. The lowest BCUT2D eigenvalue weighted by Gasteiger charge is -2.36. The van der Waals surface area contributed by atoms with Crippen LogP contribution in [0.5, 0.6) is 0 Å². The largest absolute Gasteiger partial charge is 0.498 e. The Hall–Kier alpha value is -0.805. The molecule has 98 valence electrons. The zero-order valence-electron chi connectivity index (χ0n) is 11.4. The summed E-state index contributed by atoms with van der Waals surface area (Å²) in [7, 11) is -0.289. The first kappa shape index (κ1) is 12.2. The van der Waals surface area contributed by atoms with Gasteiger partial charge in [-0.3, -0.25) is 5.10 Å². The molecule has 1 atom stereocenters. The summed E-state index contributed by atoms with van der Waals surface area (Å²) in [5, 5.41) is 6.77. The number of H-pyrrole nitrogens is 1. The minimum absolute atomic E-state index is 0.211. The predicted molar refractivity (Wildman–Crippen MR) is 70.6 cm³/mol. The SMILES string of the molecule is CC1(C)OB(c2cn[nH]c2)OC1(C)CCC1CC1. The van der Waals surface area contributed by atoms with Crippen molar-refractivity contribution in [2.24, 2.45) is 5.92 Å². The van der Waals surface area contributed by atoms with Gasteiger partial charge >= 0.3 is 7.12 Å². The van der Waals surface area contributed by atoms with Crippen LogP contribution in [0.4, 0.5) is 0 Å². The third-order valence-electron chi connectivity index (χ3n) is 4.56. The van der Waals surface area contributed by atoms with E-state index < -0.39 is 0 Å². The molecule has 0 spiro atoms. The van der Waals surface area contributed by atoms with Crippen molar-refractivity contribution in [3.8, 4) is 0 Å². The first-order chi connectivity index (χ1) is 8.50. The fraction of sp³-hybridized carbons (Fsp3) is 0.769. The van der Waals surface area contributed by atoms with Crippen LogP contribution in [0.2, 0.25) is 0 Å². The molecule has 1 N–H and O–H groups in total. The predicted octanol–water partition coefficient (Wildman–Crippen LogP) is 1.88. The van der Waals surface area contributed by atoms with Crippen molar-refractivity contribution < 1.29 is 9.31 Å². The van der Waals surface area contributed by atoms with Gasteiger partial charge in [-0.25, -0.2) is 0 Å². The maximum absolute atomic E-state index is 6.20. The first-order valence-corrected chi connectivity index (χ1v) is 6.84. The van der Waals surface area contributed by atoms with Gasteiger partial charge in [0.2, 0.25) is 0 Å². The molecule has 1 saturated heterocycles. The van der Waals surface area contributed by atoms with Crippen molar-refractivity contribution in [3.05, 3.63) is 12.4 Å². The summed E-state index contributed by atoms with van der Waals surface area (Å²) in [6.45, 7) is 6.43. The molecule has 2 aliphatic rings. The number of nitrogens with one attached hydrogen (secondary N) is 1. The van der Waals surface area contributed by atoms with Crippen LogP contribution in [0.3, 0.4) is 0 Å². The van der Waals surface area contributed by atoms with E-state index in [1.165, 1.54) is 19.3 Å². The Bertz CT molecular complexity index is 417. The summed E-state index contributed by atoms with van der Waals surface area (Å²) < 4.78 is 12.3. The van der Waals surface area contributed by atoms with Crippen LogP contribution in [-0.2, 0) is 9.31 Å². The fourth-order valence-corrected chi connectivity index (χ4v) is 2.57. The summed E-state index contributed by atoms with van der Waals surface area (Å²) in [6, 6.07) is 0. The lowest BCUT2D eigenvalue weighted by atomic mass is 9.81. The summed E-state index contributed by atoms with van der Waals surface area (Å²) in [5.74, 6) is 0.925. The maximum Gasteiger partial charge on any atom is 0.498 e. The van der Waals surface area contributed by atoms with Gasteiger partial charge in [0, 0.05) is 17.9 Å². The minimum Gasteiger partial charge on any atom is -0.399 e. The van der Waals surface area contributed by atoms with Gasteiger partial charge in [-0.2, -0.15) is 5.10 Å². The molecule has 1 aromatic heterocycles. The normalized spacial score (nSPS) is 30.9. The number of aromatic amines is 1. The first-order valence-electron chi connectivity index (χ1n) is 6.84. The van der Waals surface area contributed by atoms with Gasteiger partial charge in [0.25, 0.3) is 0 Å². The van der Waals surface area contributed by atoms with Crippen LogP contribution in [0.1, 0.15) is 46.5 Å². The second-order valence-corrected chi connectivity index (χ2v) is 6.32. The summed E-state index contributed by atoms with van der Waals surface area (Å²) in [5.41, 5.74) is 0.500. The maximum atomic E-state index is 6.20. The standard InChI is InChI=1S/C13H21BN2O2/c1-12(2)13(3,7-6-10-4-5-10)18-14(17-12)11-8-15-16-9-11/h8-10H,4-7H2,1-3H3,(H,15,16). The Morgan fingerprint density at radius 1 is 1.39 bits per heavy atom. The topological polar surface area (TPSA) is 47.1 Å². The molecule has 0 radical (unpaired) electrons. The Balaban J connectivity index is 1.73. The average Bonchev–Trinajstić information content (AvgIpc) is 2.90.